The van der Waals surface area contributed by atoms with Crippen LogP contribution in [0.4, 0.5) is 11.5 Å². The summed E-state index contributed by atoms with van der Waals surface area (Å²) in [5.41, 5.74) is -0.160. The van der Waals surface area contributed by atoms with E-state index in [1.807, 2.05) is 13.8 Å². The average molecular weight is 310 g/mol. The third kappa shape index (κ3) is 5.46. The van der Waals surface area contributed by atoms with Crippen molar-refractivity contribution in [3.8, 4) is 5.88 Å². The molecule has 0 amide bonds. The fraction of sp³-hybridized carbons (Fsp3) is 0.733. The maximum absolute atomic E-state index is 11.4. The van der Waals surface area contributed by atoms with Gasteiger partial charge < -0.3 is 10.1 Å². The van der Waals surface area contributed by atoms with Crippen molar-refractivity contribution in [2.45, 2.75) is 59.3 Å². The molecule has 0 saturated heterocycles. The number of nitrogens with zero attached hydrogens (tertiary/aromatic N) is 3. The van der Waals surface area contributed by atoms with Gasteiger partial charge in [-0.15, -0.1) is 0 Å². The summed E-state index contributed by atoms with van der Waals surface area (Å²) in [7, 11) is 0. The molecule has 1 N–H and O–H groups in total. The first-order valence-electron chi connectivity index (χ1n) is 8.05. The van der Waals surface area contributed by atoms with Gasteiger partial charge in [-0.2, -0.15) is 4.98 Å². The Kier molecular flexibility index (Phi) is 8.17. The summed E-state index contributed by atoms with van der Waals surface area (Å²) in [5, 5.41) is 14.4. The average Bonchev–Trinajstić information content (AvgIpc) is 2.47. The fourth-order valence-electron chi connectivity index (χ4n) is 1.90. The molecule has 0 aromatic carbocycles. The first kappa shape index (κ1) is 18.1. The van der Waals surface area contributed by atoms with Crippen molar-refractivity contribution in [1.82, 2.24) is 9.97 Å². The monoisotopic (exact) mass is 310 g/mol. The molecule has 0 aliphatic rings. The van der Waals surface area contributed by atoms with Crippen LogP contribution in [-0.2, 0) is 6.42 Å². The number of anilines is 1. The molecule has 7 nitrogen and oxygen atoms in total. The Labute approximate surface area is 131 Å². The van der Waals surface area contributed by atoms with Crippen molar-refractivity contribution >= 4 is 11.5 Å². The maximum Gasteiger partial charge on any atom is 0.372 e. The molecular weight excluding hydrogens is 284 g/mol. The van der Waals surface area contributed by atoms with E-state index in [2.05, 4.69) is 22.2 Å². The van der Waals surface area contributed by atoms with E-state index in [1.165, 1.54) is 0 Å². The Morgan fingerprint density at radius 2 is 1.86 bits per heavy atom. The number of aromatic nitrogens is 2. The van der Waals surface area contributed by atoms with Gasteiger partial charge in [0.2, 0.25) is 5.82 Å². The molecular formula is C15H26N4O3. The van der Waals surface area contributed by atoms with Crippen LogP contribution in [0.15, 0.2) is 0 Å². The predicted molar refractivity (Wildman–Crippen MR) is 86.5 cm³/mol. The van der Waals surface area contributed by atoms with Crippen LogP contribution >= 0.6 is 0 Å². The second-order valence-electron chi connectivity index (χ2n) is 5.13. The molecule has 124 valence electrons. The lowest BCUT2D eigenvalue weighted by atomic mass is 10.3. The Hall–Kier alpha value is -1.92. The largest absolute Gasteiger partial charge is 0.473 e. The molecule has 0 atom stereocenters. The first-order valence-corrected chi connectivity index (χ1v) is 8.05. The van der Waals surface area contributed by atoms with E-state index in [0.717, 1.165) is 32.1 Å². The van der Waals surface area contributed by atoms with E-state index in [4.69, 9.17) is 4.74 Å². The maximum atomic E-state index is 11.4. The molecule has 1 rings (SSSR count). The lowest BCUT2D eigenvalue weighted by molar-refractivity contribution is -0.385. The van der Waals surface area contributed by atoms with E-state index >= 15 is 0 Å². The van der Waals surface area contributed by atoms with Crippen molar-refractivity contribution in [2.75, 3.05) is 18.5 Å². The normalized spacial score (nSPS) is 10.5. The Bertz CT molecular complexity index is 449. The highest BCUT2D eigenvalue weighted by molar-refractivity contribution is 5.61. The van der Waals surface area contributed by atoms with Gasteiger partial charge in [0.15, 0.2) is 0 Å². The quantitative estimate of drug-likeness (QED) is 0.380. The van der Waals surface area contributed by atoms with E-state index in [-0.39, 0.29) is 17.4 Å². The van der Waals surface area contributed by atoms with Crippen LogP contribution in [0, 0.1) is 10.1 Å². The summed E-state index contributed by atoms with van der Waals surface area (Å²) in [6.07, 6.45) is 5.28. The predicted octanol–water partition coefficient (Wildman–Crippen LogP) is 3.73. The SMILES string of the molecule is CCCCNc1nc(CCC)nc(OCCCC)c1[N+](=O)[O-]. The number of ether oxygens (including phenoxy) is 1. The van der Waals surface area contributed by atoms with Gasteiger partial charge in [-0.05, 0) is 19.3 Å². The van der Waals surface area contributed by atoms with Gasteiger partial charge in [-0.25, -0.2) is 4.98 Å². The Morgan fingerprint density at radius 3 is 2.45 bits per heavy atom. The van der Waals surface area contributed by atoms with Gasteiger partial charge in [0.05, 0.1) is 11.5 Å². The van der Waals surface area contributed by atoms with Crippen molar-refractivity contribution < 1.29 is 9.66 Å². The number of hydrogen-bond acceptors (Lipinski definition) is 6. The van der Waals surface area contributed by atoms with Crippen LogP contribution in [0.3, 0.4) is 0 Å². The smallest absolute Gasteiger partial charge is 0.372 e. The molecule has 0 spiro atoms. The third-order valence-corrected chi connectivity index (χ3v) is 3.11. The Morgan fingerprint density at radius 1 is 1.14 bits per heavy atom. The van der Waals surface area contributed by atoms with Crippen LogP contribution in [0.1, 0.15) is 58.7 Å². The van der Waals surface area contributed by atoms with Crippen LogP contribution in [0.2, 0.25) is 0 Å². The molecule has 1 aromatic heterocycles. The molecule has 0 aliphatic carbocycles. The number of hydrogen-bond donors (Lipinski definition) is 1. The second kappa shape index (κ2) is 9.92. The van der Waals surface area contributed by atoms with E-state index in [0.29, 0.717) is 25.4 Å². The Balaban J connectivity index is 3.09. The molecule has 7 heteroatoms. The lowest BCUT2D eigenvalue weighted by Gasteiger charge is -2.11. The van der Waals surface area contributed by atoms with Gasteiger partial charge in [-0.3, -0.25) is 10.1 Å². The summed E-state index contributed by atoms with van der Waals surface area (Å²) < 4.78 is 5.54. The number of unbranched alkanes of at least 4 members (excludes halogenated alkanes) is 2. The van der Waals surface area contributed by atoms with Gasteiger partial charge in [0, 0.05) is 13.0 Å². The third-order valence-electron chi connectivity index (χ3n) is 3.11. The highest BCUT2D eigenvalue weighted by Gasteiger charge is 2.26. The van der Waals surface area contributed by atoms with Crippen LogP contribution in [0.25, 0.3) is 0 Å². The highest BCUT2D eigenvalue weighted by atomic mass is 16.6. The molecule has 0 aliphatic heterocycles. The zero-order chi connectivity index (χ0) is 16.4. The van der Waals surface area contributed by atoms with Crippen molar-refractivity contribution in [1.29, 1.82) is 0 Å². The number of rotatable bonds is 11. The first-order chi connectivity index (χ1) is 10.6. The number of aryl methyl sites for hydroxylation is 1. The molecule has 0 unspecified atom stereocenters. The van der Waals surface area contributed by atoms with Gasteiger partial charge >= 0.3 is 5.69 Å². The second-order valence-corrected chi connectivity index (χ2v) is 5.13. The molecule has 0 bridgehead atoms. The van der Waals surface area contributed by atoms with Crippen molar-refractivity contribution in [2.24, 2.45) is 0 Å². The summed E-state index contributed by atoms with van der Waals surface area (Å²) >= 11 is 0. The van der Waals surface area contributed by atoms with Gasteiger partial charge in [-0.1, -0.05) is 33.6 Å². The summed E-state index contributed by atoms with van der Waals surface area (Å²) in [6, 6.07) is 0. The molecule has 0 radical (unpaired) electrons. The highest BCUT2D eigenvalue weighted by Crippen LogP contribution is 2.32. The van der Waals surface area contributed by atoms with E-state index in [1.54, 1.807) is 0 Å². The minimum atomic E-state index is -0.467. The van der Waals surface area contributed by atoms with Crippen LogP contribution in [0.5, 0.6) is 5.88 Å². The van der Waals surface area contributed by atoms with Crippen LogP contribution < -0.4 is 10.1 Å². The number of nitro groups is 1. The zero-order valence-electron chi connectivity index (χ0n) is 13.7. The molecule has 22 heavy (non-hydrogen) atoms. The molecule has 1 aromatic rings. The molecule has 0 fully saturated rings. The van der Waals surface area contributed by atoms with Gasteiger partial charge in [0.25, 0.3) is 5.88 Å². The molecule has 0 saturated carbocycles. The number of nitrogens with one attached hydrogen (secondary N) is 1. The van der Waals surface area contributed by atoms with Crippen molar-refractivity contribution in [3.63, 3.8) is 0 Å². The summed E-state index contributed by atoms with van der Waals surface area (Å²) in [4.78, 5) is 19.4. The lowest BCUT2D eigenvalue weighted by Crippen LogP contribution is -2.12. The summed E-state index contributed by atoms with van der Waals surface area (Å²) in [6.45, 7) is 7.20. The molecule has 1 heterocycles. The van der Waals surface area contributed by atoms with Crippen molar-refractivity contribution in [3.05, 3.63) is 15.9 Å². The van der Waals surface area contributed by atoms with E-state index < -0.39 is 4.92 Å². The van der Waals surface area contributed by atoms with Crippen LogP contribution in [-0.4, -0.2) is 28.0 Å². The topological polar surface area (TPSA) is 90.2 Å². The zero-order valence-corrected chi connectivity index (χ0v) is 13.7. The fourth-order valence-corrected chi connectivity index (χ4v) is 1.90. The minimum absolute atomic E-state index is 0.0795. The van der Waals surface area contributed by atoms with E-state index in [9.17, 15) is 10.1 Å². The summed E-state index contributed by atoms with van der Waals surface area (Å²) in [5.74, 6) is 0.929. The van der Waals surface area contributed by atoms with Gasteiger partial charge in [0.1, 0.15) is 5.82 Å². The minimum Gasteiger partial charge on any atom is -0.473 e. The standard InChI is InChI=1S/C15H26N4O3/c1-4-7-10-16-14-13(19(20)21)15(22-11-8-5-2)18-12(17-14)9-6-3/h4-11H2,1-3H3,(H,16,17,18).